The van der Waals surface area contributed by atoms with E-state index in [-0.39, 0.29) is 26.6 Å². The zero-order valence-electron chi connectivity index (χ0n) is 11.4. The van der Waals surface area contributed by atoms with Crippen LogP contribution >= 0.6 is 23.1 Å². The minimum Gasteiger partial charge on any atom is -0.389 e. The number of aliphatic hydroxyl groups excluding tert-OH is 1. The molecule has 2 fully saturated rings. The van der Waals surface area contributed by atoms with E-state index in [1.54, 1.807) is 0 Å². The second kappa shape index (κ2) is 5.08. The smallest absolute Gasteiger partial charge is 0.311 e. The van der Waals surface area contributed by atoms with Crippen molar-refractivity contribution in [1.29, 1.82) is 0 Å². The van der Waals surface area contributed by atoms with Gasteiger partial charge in [0.05, 0.1) is 6.10 Å². The number of nitrogens with two attached hydrogens (primary N) is 1. The molecule has 2 aromatic heterocycles. The normalized spacial score (nSPS) is 26.6. The summed E-state index contributed by atoms with van der Waals surface area (Å²) in [5.41, 5.74) is 5.03. The first-order valence-corrected chi connectivity index (χ1v) is 8.77. The van der Waals surface area contributed by atoms with Gasteiger partial charge in [-0.05, 0) is 18.8 Å². The molecule has 118 valence electrons. The Morgan fingerprint density at radius 2 is 2.23 bits per heavy atom. The summed E-state index contributed by atoms with van der Waals surface area (Å²) in [5, 5.41) is 10.2. The number of nitrogen functional groups attached to an aromatic ring is 1. The number of thioether (sulfide) groups is 1. The fourth-order valence-electron chi connectivity index (χ4n) is 2.58. The highest BCUT2D eigenvalue weighted by atomic mass is 32.2. The Morgan fingerprint density at radius 3 is 2.95 bits per heavy atom. The molecule has 22 heavy (non-hydrogen) atoms. The molecule has 2 aromatic rings. The molecule has 2 aliphatic rings. The van der Waals surface area contributed by atoms with Crippen molar-refractivity contribution in [1.82, 2.24) is 14.5 Å². The number of nitrogens with zero attached hydrogens (tertiary/aromatic N) is 2. The number of fused-ring (bicyclic) bond motifs is 1. The molecule has 1 saturated heterocycles. The predicted octanol–water partition coefficient (Wildman–Crippen LogP) is 0.0875. The van der Waals surface area contributed by atoms with Crippen LogP contribution in [0.2, 0.25) is 0 Å². The Bertz CT molecular complexity index is 840. The van der Waals surface area contributed by atoms with Crippen LogP contribution in [0.5, 0.6) is 0 Å². The molecule has 0 radical (unpaired) electrons. The highest BCUT2D eigenvalue weighted by Gasteiger charge is 2.41. The lowest BCUT2D eigenvalue weighted by Crippen LogP contribution is -2.28. The molecule has 0 spiro atoms. The van der Waals surface area contributed by atoms with Crippen LogP contribution < -0.4 is 16.2 Å². The molecule has 0 bridgehead atoms. The number of nitrogens with one attached hydrogen (secondary N) is 1. The van der Waals surface area contributed by atoms with Gasteiger partial charge in [0.15, 0.2) is 5.65 Å². The van der Waals surface area contributed by atoms with Gasteiger partial charge in [0.25, 0.3) is 5.56 Å². The van der Waals surface area contributed by atoms with E-state index in [2.05, 4.69) is 9.97 Å². The van der Waals surface area contributed by atoms with Gasteiger partial charge >= 0.3 is 4.87 Å². The standard InChI is InChI=1S/C12H14N4O4S2/c13-11-14-8-7(9(18)15-11)22-12(19)16(8)5-3-21-10(20-5)6(17)4-1-2-4/h4-6,10,17H,1-3H2,(H3,13,14,15,18). The first-order valence-electron chi connectivity index (χ1n) is 6.90. The van der Waals surface area contributed by atoms with Crippen molar-refractivity contribution in [3.8, 4) is 0 Å². The van der Waals surface area contributed by atoms with Crippen molar-refractivity contribution in [2.24, 2.45) is 5.92 Å². The van der Waals surface area contributed by atoms with Gasteiger partial charge in [0.1, 0.15) is 16.4 Å². The topological polar surface area (TPSA) is 123 Å². The maximum atomic E-state index is 12.2. The molecule has 4 rings (SSSR count). The number of anilines is 1. The predicted molar refractivity (Wildman–Crippen MR) is 84.0 cm³/mol. The lowest BCUT2D eigenvalue weighted by atomic mass is 10.2. The van der Waals surface area contributed by atoms with Crippen LogP contribution in [0.3, 0.4) is 0 Å². The van der Waals surface area contributed by atoms with Crippen LogP contribution in [0.25, 0.3) is 10.3 Å². The Balaban J connectivity index is 1.71. The minimum absolute atomic E-state index is 0.0377. The lowest BCUT2D eigenvalue weighted by molar-refractivity contribution is -0.0440. The Labute approximate surface area is 132 Å². The number of hydrogen-bond acceptors (Lipinski definition) is 8. The summed E-state index contributed by atoms with van der Waals surface area (Å²) in [7, 11) is 0. The van der Waals surface area contributed by atoms with Gasteiger partial charge in [0.2, 0.25) is 5.95 Å². The molecule has 8 nitrogen and oxygen atoms in total. The minimum atomic E-state index is -0.543. The third-order valence-electron chi connectivity index (χ3n) is 3.86. The van der Waals surface area contributed by atoms with Crippen LogP contribution in [0.4, 0.5) is 5.95 Å². The van der Waals surface area contributed by atoms with Gasteiger partial charge in [-0.15, -0.1) is 11.8 Å². The largest absolute Gasteiger partial charge is 0.389 e. The number of ether oxygens (including phenoxy) is 1. The molecule has 3 heterocycles. The molecule has 0 aromatic carbocycles. The average Bonchev–Trinajstić information content (AvgIpc) is 3.11. The van der Waals surface area contributed by atoms with E-state index < -0.39 is 17.9 Å². The fraction of sp³-hybridized carbons (Fsp3) is 0.583. The number of aromatic nitrogens is 3. The first-order chi connectivity index (χ1) is 10.5. The van der Waals surface area contributed by atoms with Gasteiger partial charge in [0, 0.05) is 5.75 Å². The van der Waals surface area contributed by atoms with E-state index in [0.29, 0.717) is 11.7 Å². The van der Waals surface area contributed by atoms with E-state index in [9.17, 15) is 14.7 Å². The lowest BCUT2D eigenvalue weighted by Gasteiger charge is -2.18. The number of hydrogen-bond donors (Lipinski definition) is 3. The van der Waals surface area contributed by atoms with Gasteiger partial charge in [-0.25, -0.2) is 0 Å². The van der Waals surface area contributed by atoms with Crippen LogP contribution in [0.15, 0.2) is 9.59 Å². The summed E-state index contributed by atoms with van der Waals surface area (Å²) in [6.07, 6.45) is 0.970. The quantitative estimate of drug-likeness (QED) is 0.722. The van der Waals surface area contributed by atoms with Gasteiger partial charge in [-0.1, -0.05) is 11.3 Å². The zero-order valence-corrected chi connectivity index (χ0v) is 13.0. The maximum absolute atomic E-state index is 12.2. The fourth-order valence-corrected chi connectivity index (χ4v) is 4.65. The third kappa shape index (κ3) is 2.26. The van der Waals surface area contributed by atoms with Crippen molar-refractivity contribution < 1.29 is 9.84 Å². The van der Waals surface area contributed by atoms with Crippen LogP contribution in [0, 0.1) is 5.92 Å². The first kappa shape index (κ1) is 14.2. The average molecular weight is 342 g/mol. The Kier molecular flexibility index (Phi) is 3.29. The van der Waals surface area contributed by atoms with Gasteiger partial charge in [-0.3, -0.25) is 19.1 Å². The number of aromatic amines is 1. The number of aliphatic hydroxyl groups is 1. The van der Waals surface area contributed by atoms with Gasteiger partial charge in [-0.2, -0.15) is 4.98 Å². The number of rotatable bonds is 3. The van der Waals surface area contributed by atoms with Crippen LogP contribution in [-0.4, -0.2) is 36.9 Å². The Hall–Kier alpha value is -1.36. The van der Waals surface area contributed by atoms with Crippen molar-refractivity contribution in [3.63, 3.8) is 0 Å². The number of thiazole rings is 1. The molecule has 10 heteroatoms. The van der Waals surface area contributed by atoms with Crippen molar-refractivity contribution in [3.05, 3.63) is 20.0 Å². The Morgan fingerprint density at radius 1 is 1.45 bits per heavy atom. The SMILES string of the molecule is Nc1nc2c(sc(=O)n2C2CSC(C(O)C3CC3)O2)c(=O)[nH]1. The number of H-pyrrole nitrogens is 1. The second-order valence-electron chi connectivity index (χ2n) is 5.46. The molecule has 3 atom stereocenters. The van der Waals surface area contributed by atoms with E-state index in [1.165, 1.54) is 16.3 Å². The highest BCUT2D eigenvalue weighted by molar-refractivity contribution is 8.00. The summed E-state index contributed by atoms with van der Waals surface area (Å²) in [5.74, 6) is 0.780. The van der Waals surface area contributed by atoms with Crippen molar-refractivity contribution >= 4 is 39.4 Å². The summed E-state index contributed by atoms with van der Waals surface area (Å²) in [6.45, 7) is 0. The maximum Gasteiger partial charge on any atom is 0.311 e. The molecule has 1 saturated carbocycles. The summed E-state index contributed by atoms with van der Waals surface area (Å²) in [6, 6.07) is 0. The molecular weight excluding hydrogens is 328 g/mol. The van der Waals surface area contributed by atoms with E-state index in [1.807, 2.05) is 0 Å². The molecule has 0 amide bonds. The van der Waals surface area contributed by atoms with E-state index >= 15 is 0 Å². The monoisotopic (exact) mass is 342 g/mol. The summed E-state index contributed by atoms with van der Waals surface area (Å²) in [4.78, 5) is 30.2. The molecule has 3 unspecified atom stereocenters. The van der Waals surface area contributed by atoms with Crippen molar-refractivity contribution in [2.45, 2.75) is 30.6 Å². The molecule has 1 aliphatic heterocycles. The van der Waals surface area contributed by atoms with Crippen molar-refractivity contribution in [2.75, 3.05) is 11.5 Å². The second-order valence-corrected chi connectivity index (χ2v) is 7.56. The summed E-state index contributed by atoms with van der Waals surface area (Å²) >= 11 is 2.30. The highest BCUT2D eigenvalue weighted by Crippen LogP contribution is 2.42. The summed E-state index contributed by atoms with van der Waals surface area (Å²) < 4.78 is 7.42. The third-order valence-corrected chi connectivity index (χ3v) is 6.00. The molecule has 4 N–H and O–H groups in total. The zero-order chi connectivity index (χ0) is 15.4. The van der Waals surface area contributed by atoms with Crippen LogP contribution in [0.1, 0.15) is 19.1 Å². The van der Waals surface area contributed by atoms with Gasteiger partial charge < -0.3 is 15.6 Å². The van der Waals surface area contributed by atoms with Crippen LogP contribution in [-0.2, 0) is 4.74 Å². The van der Waals surface area contributed by atoms with E-state index in [4.69, 9.17) is 10.5 Å². The molecule has 1 aliphatic carbocycles. The molecular formula is C12H14N4O4S2. The van der Waals surface area contributed by atoms with E-state index in [0.717, 1.165) is 24.2 Å².